The van der Waals surface area contributed by atoms with Crippen molar-refractivity contribution < 1.29 is 4.79 Å². The third-order valence-corrected chi connectivity index (χ3v) is 4.82. The fraction of sp³-hybridized carbons (Fsp3) is 0.357. The summed E-state index contributed by atoms with van der Waals surface area (Å²) in [5.41, 5.74) is 0. The first-order valence-corrected chi connectivity index (χ1v) is 8.21. The highest BCUT2D eigenvalue weighted by molar-refractivity contribution is 8.00. The molecule has 20 heavy (non-hydrogen) atoms. The van der Waals surface area contributed by atoms with Gasteiger partial charge < -0.3 is 5.32 Å². The van der Waals surface area contributed by atoms with Crippen LogP contribution in [0.1, 0.15) is 17.6 Å². The third-order valence-electron chi connectivity index (χ3n) is 2.65. The van der Waals surface area contributed by atoms with Gasteiger partial charge in [-0.3, -0.25) is 4.79 Å². The molecule has 0 radical (unpaired) electrons. The molecule has 0 aromatic carbocycles. The highest BCUT2D eigenvalue weighted by atomic mass is 32.2. The lowest BCUT2D eigenvalue weighted by atomic mass is 10.3. The predicted octanol–water partition coefficient (Wildman–Crippen LogP) is 2.96. The van der Waals surface area contributed by atoms with E-state index in [-0.39, 0.29) is 5.91 Å². The number of hydrogen-bond donors (Lipinski definition) is 1. The number of rotatable bonds is 6. The van der Waals surface area contributed by atoms with E-state index in [0.717, 1.165) is 27.5 Å². The molecule has 0 atom stereocenters. The molecule has 0 aliphatic rings. The van der Waals surface area contributed by atoms with Crippen LogP contribution in [0.15, 0.2) is 23.7 Å². The van der Waals surface area contributed by atoms with Gasteiger partial charge >= 0.3 is 0 Å². The van der Waals surface area contributed by atoms with Gasteiger partial charge in [0.25, 0.3) is 0 Å². The maximum Gasteiger partial charge on any atom is 0.230 e. The topological polar surface area (TPSA) is 54.9 Å². The fourth-order valence-electron chi connectivity index (χ4n) is 1.70. The van der Waals surface area contributed by atoms with Crippen LogP contribution in [0.2, 0.25) is 0 Å². The average molecular weight is 307 g/mol. The van der Waals surface area contributed by atoms with Crippen LogP contribution < -0.4 is 5.32 Å². The Morgan fingerprint density at radius 1 is 1.55 bits per heavy atom. The number of amides is 1. The third kappa shape index (κ3) is 3.58. The highest BCUT2D eigenvalue weighted by Crippen LogP contribution is 2.31. The molecule has 0 aliphatic carbocycles. The molecule has 2 aromatic rings. The Morgan fingerprint density at radius 3 is 3.05 bits per heavy atom. The lowest BCUT2D eigenvalue weighted by molar-refractivity contribution is -0.118. The summed E-state index contributed by atoms with van der Waals surface area (Å²) in [5, 5.41) is 4.70. The molecule has 0 aliphatic heterocycles. The molecule has 0 saturated carbocycles. The van der Waals surface area contributed by atoms with E-state index >= 15 is 0 Å². The minimum atomic E-state index is -0.00902. The van der Waals surface area contributed by atoms with Crippen molar-refractivity contribution in [2.45, 2.75) is 25.3 Å². The van der Waals surface area contributed by atoms with Crippen molar-refractivity contribution in [3.8, 4) is 0 Å². The quantitative estimate of drug-likeness (QED) is 0.506. The molecule has 0 unspecified atom stereocenters. The minimum Gasteiger partial charge on any atom is -0.352 e. The van der Waals surface area contributed by atoms with Crippen molar-refractivity contribution in [2.24, 2.45) is 0 Å². The van der Waals surface area contributed by atoms with Crippen LogP contribution in [-0.4, -0.2) is 28.2 Å². The zero-order valence-electron chi connectivity index (χ0n) is 11.6. The number of thiophene rings is 1. The zero-order chi connectivity index (χ0) is 14.5. The summed E-state index contributed by atoms with van der Waals surface area (Å²) < 4.78 is 0. The van der Waals surface area contributed by atoms with Gasteiger partial charge in [-0.05, 0) is 19.4 Å². The van der Waals surface area contributed by atoms with E-state index in [0.29, 0.717) is 12.3 Å². The molecule has 2 aromatic heterocycles. The molecule has 106 valence electrons. The van der Waals surface area contributed by atoms with Gasteiger partial charge in [0.15, 0.2) is 0 Å². The number of nitrogens with zero attached hydrogens (tertiary/aromatic N) is 2. The molecule has 0 saturated heterocycles. The van der Waals surface area contributed by atoms with E-state index in [4.69, 9.17) is 0 Å². The Balaban J connectivity index is 2.18. The van der Waals surface area contributed by atoms with E-state index in [1.54, 1.807) is 17.4 Å². The molecule has 1 amide bonds. The molecule has 2 rings (SSSR count). The lowest BCUT2D eigenvalue weighted by Gasteiger charge is -2.04. The smallest absolute Gasteiger partial charge is 0.230 e. The molecule has 2 heterocycles. The van der Waals surface area contributed by atoms with Crippen molar-refractivity contribution in [1.82, 2.24) is 15.3 Å². The first kappa shape index (κ1) is 15.0. The van der Waals surface area contributed by atoms with E-state index in [9.17, 15) is 4.79 Å². The van der Waals surface area contributed by atoms with E-state index in [1.807, 2.05) is 6.92 Å². The Labute approximate surface area is 126 Å². The standard InChI is InChI=1S/C14H17N3OS2/c1-4-6-15-12(18)8-19-13-11-7-10(5-2)20-14(11)17-9(3)16-13/h4,7H,1,5-6,8H2,2-3H3,(H,15,18). The molecule has 0 spiro atoms. The molecule has 4 nitrogen and oxygen atoms in total. The number of fused-ring (bicyclic) bond motifs is 1. The van der Waals surface area contributed by atoms with Gasteiger partial charge in [0, 0.05) is 16.8 Å². The Bertz CT molecular complexity index is 637. The maximum absolute atomic E-state index is 11.6. The van der Waals surface area contributed by atoms with Crippen LogP contribution in [0, 0.1) is 6.92 Å². The van der Waals surface area contributed by atoms with Crippen molar-refractivity contribution in [2.75, 3.05) is 12.3 Å². The largest absolute Gasteiger partial charge is 0.352 e. The van der Waals surface area contributed by atoms with Gasteiger partial charge in [0.05, 0.1) is 5.75 Å². The van der Waals surface area contributed by atoms with Gasteiger partial charge in [0.1, 0.15) is 15.7 Å². The normalized spacial score (nSPS) is 10.7. The summed E-state index contributed by atoms with van der Waals surface area (Å²) in [6.45, 7) is 8.08. The number of aryl methyl sites for hydroxylation is 2. The van der Waals surface area contributed by atoms with E-state index in [1.165, 1.54) is 16.6 Å². The first-order valence-electron chi connectivity index (χ1n) is 6.41. The lowest BCUT2D eigenvalue weighted by Crippen LogP contribution is -2.24. The van der Waals surface area contributed by atoms with Crippen LogP contribution in [0.3, 0.4) is 0 Å². The number of thioether (sulfide) groups is 1. The van der Waals surface area contributed by atoms with Crippen molar-refractivity contribution in [1.29, 1.82) is 0 Å². The SMILES string of the molecule is C=CCNC(=O)CSc1nc(C)nc2sc(CC)cc12. The van der Waals surface area contributed by atoms with Crippen molar-refractivity contribution in [3.63, 3.8) is 0 Å². The van der Waals surface area contributed by atoms with Gasteiger partial charge in [0.2, 0.25) is 5.91 Å². The summed E-state index contributed by atoms with van der Waals surface area (Å²) in [4.78, 5) is 22.9. The van der Waals surface area contributed by atoms with Crippen molar-refractivity contribution in [3.05, 3.63) is 29.4 Å². The van der Waals surface area contributed by atoms with E-state index in [2.05, 4.69) is 34.9 Å². The molecule has 0 fully saturated rings. The fourth-order valence-corrected chi connectivity index (χ4v) is 3.66. The molecule has 1 N–H and O–H groups in total. The summed E-state index contributed by atoms with van der Waals surface area (Å²) in [5.74, 6) is 1.10. The number of carbonyl (C=O) groups is 1. The van der Waals surface area contributed by atoms with Crippen LogP contribution in [0.5, 0.6) is 0 Å². The second-order valence-electron chi connectivity index (χ2n) is 4.24. The Morgan fingerprint density at radius 2 is 2.35 bits per heavy atom. The second kappa shape index (κ2) is 6.85. The van der Waals surface area contributed by atoms with Crippen LogP contribution in [0.4, 0.5) is 0 Å². The van der Waals surface area contributed by atoms with Crippen molar-refractivity contribution >= 4 is 39.2 Å². The summed E-state index contributed by atoms with van der Waals surface area (Å²) in [6.07, 6.45) is 2.66. The van der Waals surface area contributed by atoms with Gasteiger partial charge in [-0.2, -0.15) is 0 Å². The first-order chi connectivity index (χ1) is 9.63. The average Bonchev–Trinajstić information content (AvgIpc) is 2.85. The number of nitrogens with one attached hydrogen (secondary N) is 1. The minimum absolute atomic E-state index is 0.00902. The van der Waals surface area contributed by atoms with Crippen LogP contribution >= 0.6 is 23.1 Å². The Kier molecular flexibility index (Phi) is 5.14. The molecular formula is C14H17N3OS2. The van der Waals surface area contributed by atoms with Gasteiger partial charge in [-0.15, -0.1) is 17.9 Å². The highest BCUT2D eigenvalue weighted by Gasteiger charge is 2.11. The number of aromatic nitrogens is 2. The summed E-state index contributed by atoms with van der Waals surface area (Å²) in [6, 6.07) is 2.13. The number of carbonyl (C=O) groups excluding carboxylic acids is 1. The van der Waals surface area contributed by atoms with E-state index < -0.39 is 0 Å². The predicted molar refractivity (Wildman–Crippen MR) is 85.5 cm³/mol. The number of hydrogen-bond acceptors (Lipinski definition) is 5. The monoisotopic (exact) mass is 307 g/mol. The van der Waals surface area contributed by atoms with Gasteiger partial charge in [-0.1, -0.05) is 24.8 Å². The van der Waals surface area contributed by atoms with Gasteiger partial charge in [-0.25, -0.2) is 9.97 Å². The molecular weight excluding hydrogens is 290 g/mol. The molecule has 0 bridgehead atoms. The Hall–Kier alpha value is -1.40. The van der Waals surface area contributed by atoms with Crippen LogP contribution in [0.25, 0.3) is 10.2 Å². The molecule has 6 heteroatoms. The second-order valence-corrected chi connectivity index (χ2v) is 6.32. The summed E-state index contributed by atoms with van der Waals surface area (Å²) in [7, 11) is 0. The van der Waals surface area contributed by atoms with Crippen LogP contribution in [-0.2, 0) is 11.2 Å². The maximum atomic E-state index is 11.6. The summed E-state index contributed by atoms with van der Waals surface area (Å²) >= 11 is 3.15. The zero-order valence-corrected chi connectivity index (χ0v) is 13.2.